The fraction of sp³-hybridized carbons (Fsp3) is 0.167. The van der Waals surface area contributed by atoms with E-state index in [4.69, 9.17) is 5.73 Å². The molecule has 0 radical (unpaired) electrons. The molecular formula is C18H17N3O3. The highest BCUT2D eigenvalue weighted by Crippen LogP contribution is 2.32. The van der Waals surface area contributed by atoms with Crippen LogP contribution in [0, 0.1) is 0 Å². The van der Waals surface area contributed by atoms with Crippen LogP contribution in [-0.2, 0) is 14.4 Å². The number of benzene rings is 2. The number of nitrogens with one attached hydrogen (secondary N) is 2. The summed E-state index contributed by atoms with van der Waals surface area (Å²) in [5.74, 6) is -1.93. The minimum Gasteiger partial charge on any atom is -0.368 e. The van der Waals surface area contributed by atoms with Gasteiger partial charge in [0.25, 0.3) is 0 Å². The van der Waals surface area contributed by atoms with Crippen LogP contribution in [0.2, 0.25) is 0 Å². The van der Waals surface area contributed by atoms with Gasteiger partial charge in [0.05, 0.1) is 5.92 Å². The van der Waals surface area contributed by atoms with Gasteiger partial charge in [-0.3, -0.25) is 14.4 Å². The summed E-state index contributed by atoms with van der Waals surface area (Å²) in [5, 5.41) is 5.41. The van der Waals surface area contributed by atoms with Crippen LogP contribution in [0.15, 0.2) is 54.6 Å². The largest absolute Gasteiger partial charge is 0.368 e. The summed E-state index contributed by atoms with van der Waals surface area (Å²) in [7, 11) is 0. The molecule has 3 amide bonds. The monoisotopic (exact) mass is 323 g/mol. The molecule has 24 heavy (non-hydrogen) atoms. The molecule has 2 aromatic rings. The van der Waals surface area contributed by atoms with Gasteiger partial charge in [0.2, 0.25) is 17.7 Å². The van der Waals surface area contributed by atoms with Crippen molar-refractivity contribution in [3.8, 4) is 0 Å². The van der Waals surface area contributed by atoms with Crippen molar-refractivity contribution in [2.75, 3.05) is 5.32 Å². The van der Waals surface area contributed by atoms with Crippen molar-refractivity contribution in [2.45, 2.75) is 18.4 Å². The Morgan fingerprint density at radius 3 is 2.46 bits per heavy atom. The van der Waals surface area contributed by atoms with Crippen LogP contribution < -0.4 is 16.4 Å². The number of hydrogen-bond donors (Lipinski definition) is 3. The van der Waals surface area contributed by atoms with E-state index in [0.717, 1.165) is 5.56 Å². The first kappa shape index (κ1) is 15.7. The first-order valence-corrected chi connectivity index (χ1v) is 7.59. The third-order valence-electron chi connectivity index (χ3n) is 4.02. The van der Waals surface area contributed by atoms with Crippen molar-refractivity contribution >= 4 is 23.4 Å². The first-order chi connectivity index (χ1) is 11.6. The lowest BCUT2D eigenvalue weighted by Gasteiger charge is -2.26. The third kappa shape index (κ3) is 3.12. The van der Waals surface area contributed by atoms with Crippen molar-refractivity contribution in [1.29, 1.82) is 0 Å². The molecule has 1 heterocycles. The summed E-state index contributed by atoms with van der Waals surface area (Å²) in [5.41, 5.74) is 7.38. The molecule has 4 N–H and O–H groups in total. The average molecular weight is 323 g/mol. The van der Waals surface area contributed by atoms with Crippen LogP contribution >= 0.6 is 0 Å². The molecule has 0 saturated carbocycles. The SMILES string of the molecule is NC(=O)C(NC(=O)C1CC(=O)Nc2ccccc21)c1ccccc1. The predicted octanol–water partition coefficient (Wildman–Crippen LogP) is 1.46. The molecule has 6 heteroatoms. The van der Waals surface area contributed by atoms with Gasteiger partial charge in [-0.1, -0.05) is 48.5 Å². The summed E-state index contributed by atoms with van der Waals surface area (Å²) in [4.78, 5) is 36.3. The molecule has 6 nitrogen and oxygen atoms in total. The zero-order chi connectivity index (χ0) is 17.1. The second kappa shape index (κ2) is 6.54. The Bertz CT molecular complexity index is 789. The normalized spacial score (nSPS) is 17.3. The van der Waals surface area contributed by atoms with Gasteiger partial charge in [-0.05, 0) is 17.2 Å². The van der Waals surface area contributed by atoms with Crippen molar-refractivity contribution < 1.29 is 14.4 Å². The standard InChI is InChI=1S/C18H17N3O3/c19-17(23)16(11-6-2-1-3-7-11)21-18(24)13-10-15(22)20-14-9-5-4-8-12(13)14/h1-9,13,16H,10H2,(H2,19,23)(H,20,22)(H,21,24). The molecule has 0 aliphatic carbocycles. The van der Waals surface area contributed by atoms with Crippen LogP contribution in [0.25, 0.3) is 0 Å². The minimum atomic E-state index is -0.934. The summed E-state index contributed by atoms with van der Waals surface area (Å²) < 4.78 is 0. The van der Waals surface area contributed by atoms with E-state index in [0.29, 0.717) is 11.3 Å². The summed E-state index contributed by atoms with van der Waals surface area (Å²) in [6.07, 6.45) is 0.0309. The predicted molar refractivity (Wildman–Crippen MR) is 88.9 cm³/mol. The van der Waals surface area contributed by atoms with Crippen LogP contribution in [0.1, 0.15) is 29.5 Å². The van der Waals surface area contributed by atoms with Crippen molar-refractivity contribution in [3.05, 3.63) is 65.7 Å². The van der Waals surface area contributed by atoms with Crippen molar-refractivity contribution in [3.63, 3.8) is 0 Å². The second-order valence-electron chi connectivity index (χ2n) is 5.65. The summed E-state index contributed by atoms with van der Waals surface area (Å²) in [6, 6.07) is 15.0. The van der Waals surface area contributed by atoms with E-state index in [1.165, 1.54) is 0 Å². The zero-order valence-corrected chi connectivity index (χ0v) is 12.9. The Labute approximate surface area is 139 Å². The van der Waals surface area contributed by atoms with Gasteiger partial charge in [0.15, 0.2) is 0 Å². The number of primary amides is 1. The molecule has 1 aliphatic heterocycles. The van der Waals surface area contributed by atoms with E-state index in [1.54, 1.807) is 48.5 Å². The van der Waals surface area contributed by atoms with Crippen LogP contribution in [0.4, 0.5) is 5.69 Å². The lowest BCUT2D eigenvalue weighted by atomic mass is 9.89. The highest BCUT2D eigenvalue weighted by Gasteiger charge is 2.32. The molecule has 0 fully saturated rings. The number of anilines is 1. The maximum atomic E-state index is 12.7. The molecule has 2 aromatic carbocycles. The smallest absolute Gasteiger partial charge is 0.244 e. The molecule has 1 aliphatic rings. The fourth-order valence-corrected chi connectivity index (χ4v) is 2.85. The van der Waals surface area contributed by atoms with E-state index in [2.05, 4.69) is 10.6 Å². The lowest BCUT2D eigenvalue weighted by Crippen LogP contribution is -2.41. The number of fused-ring (bicyclic) bond motifs is 1. The Hall–Kier alpha value is -3.15. The van der Waals surface area contributed by atoms with E-state index >= 15 is 0 Å². The van der Waals surface area contributed by atoms with Gasteiger partial charge in [-0.15, -0.1) is 0 Å². The highest BCUT2D eigenvalue weighted by atomic mass is 16.2. The van der Waals surface area contributed by atoms with Crippen LogP contribution in [-0.4, -0.2) is 17.7 Å². The molecular weight excluding hydrogens is 306 g/mol. The molecule has 122 valence electrons. The van der Waals surface area contributed by atoms with E-state index in [1.807, 2.05) is 6.07 Å². The van der Waals surface area contributed by atoms with Crippen molar-refractivity contribution in [2.24, 2.45) is 5.73 Å². The Kier molecular flexibility index (Phi) is 4.29. The van der Waals surface area contributed by atoms with Crippen LogP contribution in [0.3, 0.4) is 0 Å². The first-order valence-electron chi connectivity index (χ1n) is 7.59. The fourth-order valence-electron chi connectivity index (χ4n) is 2.85. The van der Waals surface area contributed by atoms with Gasteiger partial charge in [-0.2, -0.15) is 0 Å². The molecule has 2 unspecified atom stereocenters. The number of para-hydroxylation sites is 1. The van der Waals surface area contributed by atoms with E-state index < -0.39 is 23.8 Å². The van der Waals surface area contributed by atoms with Crippen molar-refractivity contribution in [1.82, 2.24) is 5.32 Å². The number of amides is 3. The molecule has 0 bridgehead atoms. The molecule has 0 saturated heterocycles. The minimum absolute atomic E-state index is 0.0309. The number of hydrogen-bond acceptors (Lipinski definition) is 3. The Balaban J connectivity index is 1.86. The molecule has 0 aromatic heterocycles. The zero-order valence-electron chi connectivity index (χ0n) is 12.9. The Morgan fingerprint density at radius 1 is 1.08 bits per heavy atom. The third-order valence-corrected chi connectivity index (χ3v) is 4.02. The number of nitrogens with two attached hydrogens (primary N) is 1. The number of carbonyl (C=O) groups excluding carboxylic acids is 3. The quantitative estimate of drug-likeness (QED) is 0.794. The number of carbonyl (C=O) groups is 3. The topological polar surface area (TPSA) is 101 Å². The van der Waals surface area contributed by atoms with E-state index in [9.17, 15) is 14.4 Å². The van der Waals surface area contributed by atoms with Gasteiger partial charge in [-0.25, -0.2) is 0 Å². The maximum absolute atomic E-state index is 12.7. The van der Waals surface area contributed by atoms with Crippen LogP contribution in [0.5, 0.6) is 0 Å². The Morgan fingerprint density at radius 2 is 1.75 bits per heavy atom. The van der Waals surface area contributed by atoms with Gasteiger partial charge in [0, 0.05) is 12.1 Å². The van der Waals surface area contributed by atoms with Gasteiger partial charge >= 0.3 is 0 Å². The molecule has 3 rings (SSSR count). The maximum Gasteiger partial charge on any atom is 0.244 e. The number of rotatable bonds is 4. The average Bonchev–Trinajstić information content (AvgIpc) is 2.59. The summed E-state index contributed by atoms with van der Waals surface area (Å²) in [6.45, 7) is 0. The van der Waals surface area contributed by atoms with Gasteiger partial charge < -0.3 is 16.4 Å². The molecule has 0 spiro atoms. The van der Waals surface area contributed by atoms with Gasteiger partial charge in [0.1, 0.15) is 6.04 Å². The van der Waals surface area contributed by atoms with E-state index in [-0.39, 0.29) is 12.3 Å². The lowest BCUT2D eigenvalue weighted by molar-refractivity contribution is -0.130. The molecule has 2 atom stereocenters. The second-order valence-corrected chi connectivity index (χ2v) is 5.65. The summed E-state index contributed by atoms with van der Waals surface area (Å²) >= 11 is 0. The highest BCUT2D eigenvalue weighted by molar-refractivity contribution is 6.02.